The summed E-state index contributed by atoms with van der Waals surface area (Å²) in [5.41, 5.74) is 1.16. The van der Waals surface area contributed by atoms with Crippen molar-refractivity contribution in [2.24, 2.45) is 7.05 Å². The highest BCUT2D eigenvalue weighted by Gasteiger charge is 2.12. The van der Waals surface area contributed by atoms with Gasteiger partial charge in [-0.3, -0.25) is 4.68 Å². The standard InChI is InChI=1S/C12H22N4O/c1-10-9-12(15-16(10)2)14-7-8-17-11-3-5-13-6-4-11/h9,11,13H,3-8H2,1-2H3,(H,14,15). The first-order chi connectivity index (χ1) is 8.25. The average Bonchev–Trinajstić information content (AvgIpc) is 2.66. The highest BCUT2D eigenvalue weighted by atomic mass is 16.5. The van der Waals surface area contributed by atoms with Gasteiger partial charge < -0.3 is 15.4 Å². The van der Waals surface area contributed by atoms with Gasteiger partial charge >= 0.3 is 0 Å². The van der Waals surface area contributed by atoms with Gasteiger partial charge in [0.2, 0.25) is 0 Å². The minimum absolute atomic E-state index is 0.434. The van der Waals surface area contributed by atoms with Crippen molar-refractivity contribution in [1.82, 2.24) is 15.1 Å². The zero-order chi connectivity index (χ0) is 12.1. The van der Waals surface area contributed by atoms with Crippen molar-refractivity contribution in [2.75, 3.05) is 31.6 Å². The van der Waals surface area contributed by atoms with Crippen molar-refractivity contribution in [1.29, 1.82) is 0 Å². The summed E-state index contributed by atoms with van der Waals surface area (Å²) in [6, 6.07) is 2.05. The molecule has 1 aromatic heterocycles. The normalized spacial score (nSPS) is 17.3. The van der Waals surface area contributed by atoms with Gasteiger partial charge in [0.15, 0.2) is 0 Å². The average molecular weight is 238 g/mol. The molecular formula is C12H22N4O. The van der Waals surface area contributed by atoms with Crippen molar-refractivity contribution in [3.8, 4) is 0 Å². The lowest BCUT2D eigenvalue weighted by molar-refractivity contribution is 0.0394. The second-order valence-electron chi connectivity index (χ2n) is 4.54. The molecule has 0 radical (unpaired) electrons. The molecule has 2 heterocycles. The van der Waals surface area contributed by atoms with E-state index in [2.05, 4.69) is 15.7 Å². The largest absolute Gasteiger partial charge is 0.376 e. The minimum atomic E-state index is 0.434. The maximum Gasteiger partial charge on any atom is 0.148 e. The lowest BCUT2D eigenvalue weighted by atomic mass is 10.1. The van der Waals surface area contributed by atoms with E-state index in [9.17, 15) is 0 Å². The van der Waals surface area contributed by atoms with Gasteiger partial charge in [-0.15, -0.1) is 0 Å². The van der Waals surface area contributed by atoms with Crippen LogP contribution in [-0.4, -0.2) is 42.1 Å². The summed E-state index contributed by atoms with van der Waals surface area (Å²) in [7, 11) is 1.95. The third-order valence-electron chi connectivity index (χ3n) is 3.16. The molecule has 0 bridgehead atoms. The van der Waals surface area contributed by atoms with Gasteiger partial charge in [-0.05, 0) is 32.9 Å². The van der Waals surface area contributed by atoms with Gasteiger partial charge in [0.25, 0.3) is 0 Å². The molecule has 5 heteroatoms. The Hall–Kier alpha value is -1.07. The molecule has 1 aromatic rings. The molecule has 0 spiro atoms. The van der Waals surface area contributed by atoms with Crippen LogP contribution in [-0.2, 0) is 11.8 Å². The van der Waals surface area contributed by atoms with E-state index in [1.54, 1.807) is 0 Å². The first kappa shape index (κ1) is 12.4. The number of anilines is 1. The van der Waals surface area contributed by atoms with Crippen molar-refractivity contribution in [3.63, 3.8) is 0 Å². The van der Waals surface area contributed by atoms with Gasteiger partial charge in [0.1, 0.15) is 5.82 Å². The molecule has 0 aliphatic carbocycles. The maximum absolute atomic E-state index is 5.80. The molecule has 1 aliphatic rings. The fraction of sp³-hybridized carbons (Fsp3) is 0.750. The summed E-state index contributed by atoms with van der Waals surface area (Å²) in [6.07, 6.45) is 2.69. The molecule has 5 nitrogen and oxygen atoms in total. The summed E-state index contributed by atoms with van der Waals surface area (Å²) < 4.78 is 7.68. The Kier molecular flexibility index (Phi) is 4.39. The van der Waals surface area contributed by atoms with Crippen molar-refractivity contribution < 1.29 is 4.74 Å². The molecule has 2 rings (SSSR count). The Labute approximate surface area is 103 Å². The summed E-state index contributed by atoms with van der Waals surface area (Å²) in [4.78, 5) is 0. The molecule has 1 fully saturated rings. The molecule has 0 unspecified atom stereocenters. The Bertz CT molecular complexity index is 325. The van der Waals surface area contributed by atoms with Crippen LogP contribution < -0.4 is 10.6 Å². The number of nitrogens with zero attached hydrogens (tertiary/aromatic N) is 2. The number of rotatable bonds is 5. The predicted octanol–water partition coefficient (Wildman–Crippen LogP) is 0.909. The Morgan fingerprint density at radius 1 is 1.53 bits per heavy atom. The van der Waals surface area contributed by atoms with Gasteiger partial charge in [-0.2, -0.15) is 5.10 Å². The lowest BCUT2D eigenvalue weighted by Gasteiger charge is -2.22. The number of hydrogen-bond donors (Lipinski definition) is 2. The molecule has 2 N–H and O–H groups in total. The fourth-order valence-electron chi connectivity index (χ4n) is 2.01. The van der Waals surface area contributed by atoms with Crippen LogP contribution in [0.3, 0.4) is 0 Å². The summed E-state index contributed by atoms with van der Waals surface area (Å²) in [5.74, 6) is 0.930. The number of ether oxygens (including phenoxy) is 1. The third kappa shape index (κ3) is 3.71. The quantitative estimate of drug-likeness (QED) is 0.749. The highest BCUT2D eigenvalue weighted by molar-refractivity contribution is 5.35. The lowest BCUT2D eigenvalue weighted by Crippen LogP contribution is -2.33. The van der Waals surface area contributed by atoms with Crippen LogP contribution in [0.15, 0.2) is 6.07 Å². The van der Waals surface area contributed by atoms with Gasteiger partial charge in [0, 0.05) is 25.4 Å². The second kappa shape index (κ2) is 6.02. The van der Waals surface area contributed by atoms with E-state index < -0.39 is 0 Å². The highest BCUT2D eigenvalue weighted by Crippen LogP contribution is 2.08. The van der Waals surface area contributed by atoms with E-state index in [4.69, 9.17) is 4.74 Å². The van der Waals surface area contributed by atoms with Crippen LogP contribution >= 0.6 is 0 Å². The number of piperidine rings is 1. The first-order valence-electron chi connectivity index (χ1n) is 6.32. The number of hydrogen-bond acceptors (Lipinski definition) is 4. The van der Waals surface area contributed by atoms with Crippen LogP contribution in [0.5, 0.6) is 0 Å². The number of aryl methyl sites for hydroxylation is 2. The van der Waals surface area contributed by atoms with Crippen LogP contribution in [0.1, 0.15) is 18.5 Å². The van der Waals surface area contributed by atoms with Gasteiger partial charge in [-0.25, -0.2) is 0 Å². The van der Waals surface area contributed by atoms with E-state index in [1.807, 2.05) is 24.7 Å². The third-order valence-corrected chi connectivity index (χ3v) is 3.16. The van der Waals surface area contributed by atoms with Crippen molar-refractivity contribution in [3.05, 3.63) is 11.8 Å². The zero-order valence-corrected chi connectivity index (χ0v) is 10.7. The van der Waals surface area contributed by atoms with Crippen LogP contribution in [0.4, 0.5) is 5.82 Å². The van der Waals surface area contributed by atoms with Crippen molar-refractivity contribution >= 4 is 5.82 Å². The van der Waals surface area contributed by atoms with Crippen molar-refractivity contribution in [2.45, 2.75) is 25.9 Å². The predicted molar refractivity (Wildman–Crippen MR) is 68.3 cm³/mol. The SMILES string of the molecule is Cc1cc(NCCOC2CCNCC2)nn1C. The molecule has 1 saturated heterocycles. The second-order valence-corrected chi connectivity index (χ2v) is 4.54. The molecule has 1 aliphatic heterocycles. The van der Waals surface area contributed by atoms with Gasteiger partial charge in [0.05, 0.1) is 12.7 Å². The Morgan fingerprint density at radius 2 is 2.29 bits per heavy atom. The summed E-state index contributed by atoms with van der Waals surface area (Å²) in [5, 5.41) is 10.9. The van der Waals surface area contributed by atoms with E-state index in [1.165, 1.54) is 0 Å². The van der Waals surface area contributed by atoms with Crippen LogP contribution in [0, 0.1) is 6.92 Å². The topological polar surface area (TPSA) is 51.1 Å². The zero-order valence-electron chi connectivity index (χ0n) is 10.7. The molecule has 0 amide bonds. The Balaban J connectivity index is 1.62. The summed E-state index contributed by atoms with van der Waals surface area (Å²) in [6.45, 7) is 5.78. The Morgan fingerprint density at radius 3 is 2.94 bits per heavy atom. The monoisotopic (exact) mass is 238 g/mol. The first-order valence-corrected chi connectivity index (χ1v) is 6.32. The smallest absolute Gasteiger partial charge is 0.148 e. The van der Waals surface area contributed by atoms with E-state index in [0.717, 1.165) is 50.6 Å². The van der Waals surface area contributed by atoms with Crippen LogP contribution in [0.25, 0.3) is 0 Å². The molecule has 0 aromatic carbocycles. The minimum Gasteiger partial charge on any atom is -0.376 e. The number of nitrogens with one attached hydrogen (secondary N) is 2. The van der Waals surface area contributed by atoms with E-state index in [0.29, 0.717) is 6.10 Å². The maximum atomic E-state index is 5.80. The van der Waals surface area contributed by atoms with E-state index >= 15 is 0 Å². The van der Waals surface area contributed by atoms with E-state index in [-0.39, 0.29) is 0 Å². The summed E-state index contributed by atoms with van der Waals surface area (Å²) >= 11 is 0. The molecule has 17 heavy (non-hydrogen) atoms. The molecule has 0 atom stereocenters. The molecule has 96 valence electrons. The molecule has 0 saturated carbocycles. The van der Waals surface area contributed by atoms with Crippen LogP contribution in [0.2, 0.25) is 0 Å². The van der Waals surface area contributed by atoms with Gasteiger partial charge in [-0.1, -0.05) is 0 Å². The number of aromatic nitrogens is 2. The molecular weight excluding hydrogens is 216 g/mol. The fourth-order valence-corrected chi connectivity index (χ4v) is 2.01.